The number of nitrogens with one attached hydrogen (secondary N) is 1. The number of benzene rings is 1. The quantitative estimate of drug-likeness (QED) is 0.717. The Morgan fingerprint density at radius 3 is 2.42 bits per heavy atom. The Kier molecular flexibility index (Phi) is 7.92. The van der Waals surface area contributed by atoms with Gasteiger partial charge >= 0.3 is 0 Å². The van der Waals surface area contributed by atoms with Gasteiger partial charge in [-0.1, -0.05) is 44.2 Å². The maximum atomic E-state index is 13.2. The smallest absolute Gasteiger partial charge is 0.243 e. The van der Waals surface area contributed by atoms with Crippen LogP contribution in [0.1, 0.15) is 58.8 Å². The monoisotopic (exact) mass is 400 g/mol. The maximum Gasteiger partial charge on any atom is 0.243 e. The van der Waals surface area contributed by atoms with E-state index in [1.165, 1.54) is 16.4 Å². The molecule has 1 aliphatic carbocycles. The zero-order chi connectivity index (χ0) is 19.2. The lowest BCUT2D eigenvalue weighted by Crippen LogP contribution is -2.48. The van der Waals surface area contributed by atoms with Gasteiger partial charge in [-0.2, -0.15) is 4.31 Å². The van der Waals surface area contributed by atoms with Gasteiger partial charge in [0.25, 0.3) is 0 Å². The Morgan fingerprint density at radius 2 is 1.85 bits per heavy atom. The molecule has 0 aliphatic heterocycles. The lowest BCUT2D eigenvalue weighted by atomic mass is 9.95. The van der Waals surface area contributed by atoms with Crippen molar-refractivity contribution in [1.82, 2.24) is 9.62 Å². The molecular weight excluding hydrogens is 372 g/mol. The average molecular weight is 401 g/mol. The zero-order valence-corrected chi connectivity index (χ0v) is 17.2. The molecule has 1 aromatic rings. The van der Waals surface area contributed by atoms with E-state index in [0.717, 1.165) is 44.9 Å². The number of rotatable bonds is 8. The molecule has 0 unspecified atom stereocenters. The number of nitrogens with zero attached hydrogens (tertiary/aromatic N) is 1. The van der Waals surface area contributed by atoms with Crippen molar-refractivity contribution in [3.63, 3.8) is 0 Å². The largest absolute Gasteiger partial charge is 0.353 e. The van der Waals surface area contributed by atoms with Crippen LogP contribution in [-0.4, -0.2) is 37.3 Å². The summed E-state index contributed by atoms with van der Waals surface area (Å²) in [6, 6.07) is 6.06. The topological polar surface area (TPSA) is 66.5 Å². The maximum absolute atomic E-state index is 13.2. The Labute approximate surface area is 162 Å². The number of halogens is 1. The van der Waals surface area contributed by atoms with Gasteiger partial charge in [0.1, 0.15) is 0 Å². The van der Waals surface area contributed by atoms with Crippen molar-refractivity contribution >= 4 is 27.5 Å². The summed E-state index contributed by atoms with van der Waals surface area (Å²) >= 11 is 5.89. The first-order valence-corrected chi connectivity index (χ1v) is 11.2. The van der Waals surface area contributed by atoms with E-state index in [1.54, 1.807) is 12.1 Å². The predicted molar refractivity (Wildman–Crippen MR) is 105 cm³/mol. The summed E-state index contributed by atoms with van der Waals surface area (Å²) in [6.07, 6.45) is 6.53. The van der Waals surface area contributed by atoms with Gasteiger partial charge in [0, 0.05) is 17.1 Å². The highest BCUT2D eigenvalue weighted by Gasteiger charge is 2.34. The molecule has 146 valence electrons. The molecule has 2 rings (SSSR count). The van der Waals surface area contributed by atoms with Crippen LogP contribution in [0.3, 0.4) is 0 Å². The summed E-state index contributed by atoms with van der Waals surface area (Å²) < 4.78 is 27.8. The zero-order valence-electron chi connectivity index (χ0n) is 15.6. The minimum absolute atomic E-state index is 0.0407. The van der Waals surface area contributed by atoms with Crippen LogP contribution in [0.25, 0.3) is 0 Å². The highest BCUT2D eigenvalue weighted by Crippen LogP contribution is 2.28. The summed E-state index contributed by atoms with van der Waals surface area (Å²) in [7, 11) is -3.75. The van der Waals surface area contributed by atoms with E-state index in [1.807, 2.05) is 6.92 Å². The highest BCUT2D eigenvalue weighted by atomic mass is 35.5. The van der Waals surface area contributed by atoms with Gasteiger partial charge in [0.05, 0.1) is 11.4 Å². The van der Waals surface area contributed by atoms with Crippen molar-refractivity contribution in [3.8, 4) is 0 Å². The molecule has 26 heavy (non-hydrogen) atoms. The molecule has 0 spiro atoms. The third kappa shape index (κ3) is 5.69. The molecule has 7 heteroatoms. The molecule has 0 heterocycles. The SMILES string of the molecule is CCC[C@H](C)NC(=O)CN(C1CCCCC1)S(=O)(=O)c1ccc(Cl)cc1. The second-order valence-electron chi connectivity index (χ2n) is 7.05. The Balaban J connectivity index is 2.22. The first-order valence-electron chi connectivity index (χ1n) is 9.41. The van der Waals surface area contributed by atoms with E-state index in [9.17, 15) is 13.2 Å². The summed E-state index contributed by atoms with van der Waals surface area (Å²) in [5, 5.41) is 3.40. The van der Waals surface area contributed by atoms with Crippen LogP contribution in [0.5, 0.6) is 0 Å². The van der Waals surface area contributed by atoms with Crippen LogP contribution in [0, 0.1) is 0 Å². The fourth-order valence-corrected chi connectivity index (χ4v) is 5.26. The molecule has 0 bridgehead atoms. The Morgan fingerprint density at radius 1 is 1.23 bits per heavy atom. The van der Waals surface area contributed by atoms with Gasteiger partial charge in [0.2, 0.25) is 15.9 Å². The first kappa shape index (κ1) is 21.2. The number of hydrogen-bond acceptors (Lipinski definition) is 3. The molecule has 1 N–H and O–H groups in total. The van der Waals surface area contributed by atoms with Gasteiger partial charge in [-0.3, -0.25) is 4.79 Å². The second kappa shape index (κ2) is 9.72. The van der Waals surface area contributed by atoms with E-state index in [-0.39, 0.29) is 29.4 Å². The van der Waals surface area contributed by atoms with Crippen LogP contribution in [0.2, 0.25) is 5.02 Å². The molecule has 1 aliphatic rings. The lowest BCUT2D eigenvalue weighted by molar-refractivity contribution is -0.122. The van der Waals surface area contributed by atoms with Crippen molar-refractivity contribution in [2.75, 3.05) is 6.54 Å². The van der Waals surface area contributed by atoms with Gasteiger partial charge in [0.15, 0.2) is 0 Å². The Bertz CT molecular complexity index is 685. The van der Waals surface area contributed by atoms with Crippen molar-refractivity contribution in [3.05, 3.63) is 29.3 Å². The number of amides is 1. The van der Waals surface area contributed by atoms with Crippen LogP contribution in [-0.2, 0) is 14.8 Å². The number of carbonyl (C=O) groups excluding carboxylic acids is 1. The minimum atomic E-state index is -3.75. The number of sulfonamides is 1. The standard InChI is InChI=1S/C19H29ClN2O3S/c1-3-7-15(2)21-19(23)14-22(17-8-5-4-6-9-17)26(24,25)18-12-10-16(20)11-13-18/h10-13,15,17H,3-9,14H2,1-2H3,(H,21,23)/t15-/m0/s1. The van der Waals surface area contributed by atoms with E-state index in [0.29, 0.717) is 5.02 Å². The fraction of sp³-hybridized carbons (Fsp3) is 0.632. The molecule has 0 saturated heterocycles. The van der Waals surface area contributed by atoms with E-state index in [2.05, 4.69) is 12.2 Å². The van der Waals surface area contributed by atoms with E-state index >= 15 is 0 Å². The normalized spacial score (nSPS) is 17.2. The highest BCUT2D eigenvalue weighted by molar-refractivity contribution is 7.89. The summed E-state index contributed by atoms with van der Waals surface area (Å²) in [5.74, 6) is -0.242. The van der Waals surface area contributed by atoms with Crippen molar-refractivity contribution in [2.24, 2.45) is 0 Å². The molecule has 0 radical (unpaired) electrons. The minimum Gasteiger partial charge on any atom is -0.353 e. The van der Waals surface area contributed by atoms with E-state index < -0.39 is 10.0 Å². The van der Waals surface area contributed by atoms with Crippen LogP contribution in [0.15, 0.2) is 29.2 Å². The van der Waals surface area contributed by atoms with Gasteiger partial charge in [-0.15, -0.1) is 0 Å². The number of carbonyl (C=O) groups is 1. The Hall–Kier alpha value is -1.11. The molecule has 1 atom stereocenters. The van der Waals surface area contributed by atoms with Crippen molar-refractivity contribution in [1.29, 1.82) is 0 Å². The van der Waals surface area contributed by atoms with Gasteiger partial charge < -0.3 is 5.32 Å². The molecule has 1 saturated carbocycles. The third-order valence-corrected chi connectivity index (χ3v) is 7.00. The van der Waals surface area contributed by atoms with Crippen molar-refractivity contribution in [2.45, 2.75) is 75.8 Å². The molecule has 1 amide bonds. The third-order valence-electron chi connectivity index (χ3n) is 4.83. The molecule has 1 fully saturated rings. The molecular formula is C19H29ClN2O3S. The molecule has 1 aromatic carbocycles. The van der Waals surface area contributed by atoms with E-state index in [4.69, 9.17) is 11.6 Å². The lowest BCUT2D eigenvalue weighted by Gasteiger charge is -2.33. The summed E-state index contributed by atoms with van der Waals surface area (Å²) in [6.45, 7) is 3.87. The predicted octanol–water partition coefficient (Wildman–Crippen LogP) is 3.97. The molecule has 0 aromatic heterocycles. The number of hydrogen-bond donors (Lipinski definition) is 1. The van der Waals surface area contributed by atoms with Crippen LogP contribution >= 0.6 is 11.6 Å². The average Bonchev–Trinajstić information content (AvgIpc) is 2.61. The van der Waals surface area contributed by atoms with Crippen molar-refractivity contribution < 1.29 is 13.2 Å². The summed E-state index contributed by atoms with van der Waals surface area (Å²) in [4.78, 5) is 12.7. The van der Waals surface area contributed by atoms with Crippen LogP contribution in [0.4, 0.5) is 0 Å². The first-order chi connectivity index (χ1) is 12.3. The van der Waals surface area contributed by atoms with Gasteiger partial charge in [-0.05, 0) is 50.5 Å². The van der Waals surface area contributed by atoms with Gasteiger partial charge in [-0.25, -0.2) is 8.42 Å². The summed E-state index contributed by atoms with van der Waals surface area (Å²) in [5.41, 5.74) is 0. The van der Waals surface area contributed by atoms with Crippen LogP contribution < -0.4 is 5.32 Å². The second-order valence-corrected chi connectivity index (χ2v) is 9.38. The fourth-order valence-electron chi connectivity index (χ4n) is 3.49. The molecule has 5 nitrogen and oxygen atoms in total.